The fourth-order valence-electron chi connectivity index (χ4n) is 4.68. The van der Waals surface area contributed by atoms with Crippen LogP contribution in [-0.2, 0) is 9.53 Å². The van der Waals surface area contributed by atoms with Crippen LogP contribution in [0.5, 0.6) is 0 Å². The Kier molecular flexibility index (Phi) is 6.15. The quantitative estimate of drug-likeness (QED) is 0.492. The first kappa shape index (κ1) is 22.3. The maximum Gasteiger partial charge on any atom is 0.414 e. The van der Waals surface area contributed by atoms with Crippen molar-refractivity contribution >= 4 is 51.8 Å². The monoisotopic (exact) mass is 480 g/mol. The van der Waals surface area contributed by atoms with Gasteiger partial charge in [-0.15, -0.1) is 0 Å². The normalized spacial score (nSPS) is 20.3. The molecule has 2 heterocycles. The summed E-state index contributed by atoms with van der Waals surface area (Å²) in [6.45, 7) is 1.05. The molecule has 3 amide bonds. The smallest absolute Gasteiger partial charge is 0.414 e. The summed E-state index contributed by atoms with van der Waals surface area (Å²) < 4.78 is 5.08. The predicted octanol–water partition coefficient (Wildman–Crippen LogP) is 4.71. The lowest BCUT2D eigenvalue weighted by Gasteiger charge is -2.26. The fraction of sp³-hybridized carbons (Fsp3) is 0.320. The van der Waals surface area contributed by atoms with Gasteiger partial charge in [0.25, 0.3) is 5.91 Å². The summed E-state index contributed by atoms with van der Waals surface area (Å²) in [5.41, 5.74) is 2.68. The van der Waals surface area contributed by atoms with Gasteiger partial charge in [0.15, 0.2) is 0 Å². The van der Waals surface area contributed by atoms with Crippen LogP contribution in [0.25, 0.3) is 10.9 Å². The van der Waals surface area contributed by atoms with E-state index in [1.807, 2.05) is 6.07 Å². The number of halogens is 1. The standard InChI is InChI=1S/C25H25ClN4O4/c26-20-14-27-22-13-15(5-10-18(20)22)23(31)29-21-4-1-3-19(21)24(32)28-16-6-8-17(9-7-16)30-11-2-12-34-25(30)33/h5-10,13-14,19,21,27H,1-4,11-12H2,(H,28,32)(H,29,31)/t19-,21+/m0/s1. The number of carbonyl (C=O) groups is 3. The molecule has 1 aromatic heterocycles. The molecule has 1 saturated carbocycles. The highest BCUT2D eigenvalue weighted by Crippen LogP contribution is 2.29. The molecular formula is C25H25ClN4O4. The van der Waals surface area contributed by atoms with Gasteiger partial charge in [0.1, 0.15) is 0 Å². The lowest BCUT2D eigenvalue weighted by Crippen LogP contribution is -2.42. The van der Waals surface area contributed by atoms with E-state index in [4.69, 9.17) is 16.3 Å². The SMILES string of the molecule is O=C(N[C@@H]1CCC[C@@H]1C(=O)Nc1ccc(N2CCCOC2=O)cc1)c1ccc2c(Cl)c[nH]c2c1. The number of aromatic amines is 1. The molecular weight excluding hydrogens is 456 g/mol. The van der Waals surface area contributed by atoms with E-state index in [1.54, 1.807) is 47.5 Å². The summed E-state index contributed by atoms with van der Waals surface area (Å²) in [5.74, 6) is -0.654. The third-order valence-electron chi connectivity index (χ3n) is 6.48. The first-order valence-corrected chi connectivity index (χ1v) is 11.8. The number of hydrogen-bond acceptors (Lipinski definition) is 4. The van der Waals surface area contributed by atoms with Gasteiger partial charge in [-0.2, -0.15) is 0 Å². The van der Waals surface area contributed by atoms with Crippen molar-refractivity contribution in [3.05, 3.63) is 59.2 Å². The molecule has 34 heavy (non-hydrogen) atoms. The molecule has 2 fully saturated rings. The van der Waals surface area contributed by atoms with Gasteiger partial charge in [-0.05, 0) is 55.7 Å². The number of anilines is 2. The van der Waals surface area contributed by atoms with Crippen molar-refractivity contribution in [2.24, 2.45) is 5.92 Å². The van der Waals surface area contributed by atoms with Gasteiger partial charge >= 0.3 is 6.09 Å². The van der Waals surface area contributed by atoms with Gasteiger partial charge in [0.05, 0.1) is 17.5 Å². The molecule has 2 aromatic carbocycles. The number of H-pyrrole nitrogens is 1. The number of ether oxygens (including phenoxy) is 1. The van der Waals surface area contributed by atoms with Crippen LogP contribution in [0.2, 0.25) is 5.02 Å². The summed E-state index contributed by atoms with van der Waals surface area (Å²) in [7, 11) is 0. The highest BCUT2D eigenvalue weighted by atomic mass is 35.5. The van der Waals surface area contributed by atoms with Gasteiger partial charge in [-0.3, -0.25) is 14.5 Å². The van der Waals surface area contributed by atoms with E-state index >= 15 is 0 Å². The number of hydrogen-bond donors (Lipinski definition) is 3. The summed E-state index contributed by atoms with van der Waals surface area (Å²) in [6, 6.07) is 12.2. The zero-order chi connectivity index (χ0) is 23.7. The number of nitrogens with zero attached hydrogens (tertiary/aromatic N) is 1. The molecule has 2 aliphatic rings. The van der Waals surface area contributed by atoms with Crippen LogP contribution in [0.4, 0.5) is 16.2 Å². The summed E-state index contributed by atoms with van der Waals surface area (Å²) in [5, 5.41) is 7.46. The minimum Gasteiger partial charge on any atom is -0.449 e. The fourth-order valence-corrected chi connectivity index (χ4v) is 4.90. The first-order chi connectivity index (χ1) is 16.5. The highest BCUT2D eigenvalue weighted by molar-refractivity contribution is 6.35. The zero-order valence-electron chi connectivity index (χ0n) is 18.5. The minimum absolute atomic E-state index is 0.125. The van der Waals surface area contributed by atoms with Crippen molar-refractivity contribution in [2.45, 2.75) is 31.7 Å². The molecule has 0 spiro atoms. The second kappa shape index (κ2) is 9.38. The zero-order valence-corrected chi connectivity index (χ0v) is 19.2. The Hall–Kier alpha value is -3.52. The molecule has 2 atom stereocenters. The van der Waals surface area contributed by atoms with E-state index in [0.717, 1.165) is 35.9 Å². The molecule has 1 aliphatic heterocycles. The van der Waals surface area contributed by atoms with E-state index in [0.29, 0.717) is 35.8 Å². The van der Waals surface area contributed by atoms with Crippen LogP contribution in [-0.4, -0.2) is 42.1 Å². The van der Waals surface area contributed by atoms with Crippen molar-refractivity contribution in [3.63, 3.8) is 0 Å². The van der Waals surface area contributed by atoms with E-state index < -0.39 is 0 Å². The van der Waals surface area contributed by atoms with Crippen LogP contribution in [0.15, 0.2) is 48.7 Å². The average Bonchev–Trinajstić information content (AvgIpc) is 3.46. The molecule has 8 nitrogen and oxygen atoms in total. The van der Waals surface area contributed by atoms with E-state index in [2.05, 4.69) is 15.6 Å². The van der Waals surface area contributed by atoms with Crippen LogP contribution < -0.4 is 15.5 Å². The molecule has 0 radical (unpaired) electrons. The van der Waals surface area contributed by atoms with Gasteiger partial charge in [0.2, 0.25) is 5.91 Å². The lowest BCUT2D eigenvalue weighted by molar-refractivity contribution is -0.120. The number of amides is 3. The molecule has 176 valence electrons. The number of aromatic nitrogens is 1. The predicted molar refractivity (Wildman–Crippen MR) is 130 cm³/mol. The van der Waals surface area contributed by atoms with Gasteiger partial charge in [-0.1, -0.05) is 24.1 Å². The number of fused-ring (bicyclic) bond motifs is 1. The first-order valence-electron chi connectivity index (χ1n) is 11.4. The van der Waals surface area contributed by atoms with Gasteiger partial charge in [0, 0.05) is 46.6 Å². The Morgan fingerprint density at radius 1 is 1.09 bits per heavy atom. The summed E-state index contributed by atoms with van der Waals surface area (Å²) in [4.78, 5) is 42.4. The molecule has 3 aromatic rings. The molecule has 5 rings (SSSR count). The van der Waals surface area contributed by atoms with Crippen molar-refractivity contribution in [3.8, 4) is 0 Å². The van der Waals surface area contributed by atoms with Crippen LogP contribution in [0.1, 0.15) is 36.0 Å². The summed E-state index contributed by atoms with van der Waals surface area (Å²) in [6.07, 6.45) is 4.44. The number of benzene rings is 2. The maximum absolute atomic E-state index is 13.0. The Labute approximate surface area is 201 Å². The lowest BCUT2D eigenvalue weighted by atomic mass is 10.0. The van der Waals surface area contributed by atoms with Crippen molar-refractivity contribution in [1.29, 1.82) is 0 Å². The van der Waals surface area contributed by atoms with Crippen LogP contribution >= 0.6 is 11.6 Å². The third-order valence-corrected chi connectivity index (χ3v) is 6.79. The Bertz CT molecular complexity index is 1240. The van der Waals surface area contributed by atoms with Crippen molar-refractivity contribution in [2.75, 3.05) is 23.4 Å². The van der Waals surface area contributed by atoms with E-state index in [-0.39, 0.29) is 29.9 Å². The van der Waals surface area contributed by atoms with E-state index in [1.165, 1.54) is 0 Å². The molecule has 1 aliphatic carbocycles. The average molecular weight is 481 g/mol. The maximum atomic E-state index is 13.0. The largest absolute Gasteiger partial charge is 0.449 e. The van der Waals surface area contributed by atoms with Crippen molar-refractivity contribution < 1.29 is 19.1 Å². The molecule has 3 N–H and O–H groups in total. The molecule has 0 bridgehead atoms. The van der Waals surface area contributed by atoms with Crippen LogP contribution in [0.3, 0.4) is 0 Å². The Balaban J connectivity index is 1.22. The second-order valence-corrected chi connectivity index (χ2v) is 9.08. The van der Waals surface area contributed by atoms with Gasteiger partial charge in [-0.25, -0.2) is 4.79 Å². The molecule has 0 unspecified atom stereocenters. The van der Waals surface area contributed by atoms with Crippen LogP contribution in [0, 0.1) is 5.92 Å². The highest BCUT2D eigenvalue weighted by Gasteiger charge is 2.34. The second-order valence-electron chi connectivity index (χ2n) is 8.67. The number of nitrogens with one attached hydrogen (secondary N) is 3. The number of carbonyl (C=O) groups excluding carboxylic acids is 3. The minimum atomic E-state index is -0.355. The van der Waals surface area contributed by atoms with Gasteiger partial charge < -0.3 is 20.4 Å². The molecule has 1 saturated heterocycles. The Morgan fingerprint density at radius 2 is 1.91 bits per heavy atom. The third kappa shape index (κ3) is 4.46. The number of rotatable bonds is 5. The number of cyclic esters (lactones) is 1. The molecule has 9 heteroatoms. The summed E-state index contributed by atoms with van der Waals surface area (Å²) >= 11 is 6.12. The topological polar surface area (TPSA) is 104 Å². The van der Waals surface area contributed by atoms with E-state index in [9.17, 15) is 14.4 Å². The Morgan fingerprint density at radius 3 is 2.71 bits per heavy atom. The van der Waals surface area contributed by atoms with Crippen molar-refractivity contribution in [1.82, 2.24) is 10.3 Å².